The lowest BCUT2D eigenvalue weighted by atomic mass is 9.95. The fourth-order valence-electron chi connectivity index (χ4n) is 4.10. The molecular formula is C27H25BrN2O2. The van der Waals surface area contributed by atoms with E-state index in [-0.39, 0.29) is 17.5 Å². The number of amides is 1. The van der Waals surface area contributed by atoms with Crippen molar-refractivity contribution in [1.29, 1.82) is 5.26 Å². The van der Waals surface area contributed by atoms with E-state index < -0.39 is 0 Å². The molecule has 0 unspecified atom stereocenters. The van der Waals surface area contributed by atoms with Crippen molar-refractivity contribution >= 4 is 38.7 Å². The van der Waals surface area contributed by atoms with Crippen molar-refractivity contribution in [1.82, 2.24) is 5.32 Å². The fraction of sp³-hybridized carbons (Fsp3) is 0.259. The van der Waals surface area contributed by atoms with Gasteiger partial charge in [0.05, 0.1) is 0 Å². The van der Waals surface area contributed by atoms with E-state index in [0.717, 1.165) is 52.1 Å². The Labute approximate surface area is 197 Å². The van der Waals surface area contributed by atoms with Crippen LogP contribution in [0.2, 0.25) is 0 Å². The second-order valence-electron chi connectivity index (χ2n) is 8.09. The molecule has 0 aliphatic heterocycles. The lowest BCUT2D eigenvalue weighted by Crippen LogP contribution is -2.36. The number of hydrogen-bond donors (Lipinski definition) is 1. The molecule has 1 saturated carbocycles. The van der Waals surface area contributed by atoms with Crippen LogP contribution < -0.4 is 10.1 Å². The minimum absolute atomic E-state index is 0.0976. The maximum Gasteiger partial charge on any atom is 0.262 e. The second kappa shape index (κ2) is 10.5. The van der Waals surface area contributed by atoms with Crippen LogP contribution in [0.15, 0.2) is 70.7 Å². The molecule has 1 N–H and O–H groups in total. The highest BCUT2D eigenvalue weighted by atomic mass is 79.9. The van der Waals surface area contributed by atoms with Gasteiger partial charge in [-0.3, -0.25) is 4.79 Å². The standard InChI is InChI=1S/C27H25BrN2O2/c28-22-13-10-19(11-14-22)18-32-26-15-12-20-6-4-5-9-24(20)25(26)16-21(17-29)27(31)30-23-7-2-1-3-8-23/h4-6,9-16,23H,1-3,7-8,18H2,(H,30,31)/b21-16+. The molecule has 32 heavy (non-hydrogen) atoms. The number of ether oxygens (including phenoxy) is 1. The zero-order valence-electron chi connectivity index (χ0n) is 17.8. The van der Waals surface area contributed by atoms with Crippen LogP contribution in [0.1, 0.15) is 43.2 Å². The van der Waals surface area contributed by atoms with Crippen molar-refractivity contribution in [3.63, 3.8) is 0 Å². The van der Waals surface area contributed by atoms with E-state index in [0.29, 0.717) is 12.4 Å². The van der Waals surface area contributed by atoms with E-state index in [1.54, 1.807) is 6.08 Å². The second-order valence-corrected chi connectivity index (χ2v) is 9.01. The molecule has 4 rings (SSSR count). The van der Waals surface area contributed by atoms with Crippen LogP contribution >= 0.6 is 15.9 Å². The van der Waals surface area contributed by atoms with Gasteiger partial charge in [-0.2, -0.15) is 5.26 Å². The number of halogens is 1. The van der Waals surface area contributed by atoms with Crippen molar-refractivity contribution in [3.05, 3.63) is 81.8 Å². The Bertz CT molecular complexity index is 1170. The van der Waals surface area contributed by atoms with Gasteiger partial charge in [-0.15, -0.1) is 0 Å². The molecular weight excluding hydrogens is 464 g/mol. The molecule has 3 aromatic rings. The van der Waals surface area contributed by atoms with Crippen LogP contribution in [0.3, 0.4) is 0 Å². The number of hydrogen-bond acceptors (Lipinski definition) is 3. The van der Waals surface area contributed by atoms with Crippen LogP contribution in [0.5, 0.6) is 5.75 Å². The molecule has 4 nitrogen and oxygen atoms in total. The third-order valence-corrected chi connectivity index (χ3v) is 6.36. The van der Waals surface area contributed by atoms with Gasteiger partial charge in [-0.25, -0.2) is 0 Å². The molecule has 1 fully saturated rings. The minimum Gasteiger partial charge on any atom is -0.488 e. The molecule has 0 radical (unpaired) electrons. The van der Waals surface area contributed by atoms with Gasteiger partial charge in [0.25, 0.3) is 5.91 Å². The van der Waals surface area contributed by atoms with Gasteiger partial charge in [-0.05, 0) is 53.5 Å². The Morgan fingerprint density at radius 1 is 1.06 bits per heavy atom. The van der Waals surface area contributed by atoms with Crippen molar-refractivity contribution in [2.75, 3.05) is 0 Å². The molecule has 0 saturated heterocycles. The van der Waals surface area contributed by atoms with Gasteiger partial charge >= 0.3 is 0 Å². The Kier molecular flexibility index (Phi) is 7.24. The highest BCUT2D eigenvalue weighted by molar-refractivity contribution is 9.10. The van der Waals surface area contributed by atoms with E-state index in [2.05, 4.69) is 27.3 Å². The number of benzene rings is 3. The predicted molar refractivity (Wildman–Crippen MR) is 131 cm³/mol. The van der Waals surface area contributed by atoms with Gasteiger partial charge in [0.1, 0.15) is 24.0 Å². The number of rotatable bonds is 6. The average Bonchev–Trinajstić information content (AvgIpc) is 2.83. The van der Waals surface area contributed by atoms with Crippen LogP contribution in [0.25, 0.3) is 16.8 Å². The molecule has 0 atom stereocenters. The first-order chi connectivity index (χ1) is 15.6. The summed E-state index contributed by atoms with van der Waals surface area (Å²) in [4.78, 5) is 12.9. The van der Waals surface area contributed by atoms with Crippen molar-refractivity contribution in [3.8, 4) is 11.8 Å². The summed E-state index contributed by atoms with van der Waals surface area (Å²) >= 11 is 3.45. The summed E-state index contributed by atoms with van der Waals surface area (Å²) in [7, 11) is 0. The van der Waals surface area contributed by atoms with Gasteiger partial charge in [0, 0.05) is 16.1 Å². The molecule has 1 aliphatic carbocycles. The highest BCUT2D eigenvalue weighted by Crippen LogP contribution is 2.31. The number of nitrogens with one attached hydrogen (secondary N) is 1. The number of nitrogens with zero attached hydrogens (tertiary/aromatic N) is 1. The third kappa shape index (κ3) is 5.38. The smallest absolute Gasteiger partial charge is 0.262 e. The molecule has 0 spiro atoms. The summed E-state index contributed by atoms with van der Waals surface area (Å²) < 4.78 is 7.16. The Morgan fingerprint density at radius 3 is 2.56 bits per heavy atom. The first kappa shape index (κ1) is 22.1. The summed E-state index contributed by atoms with van der Waals surface area (Å²) in [5.41, 5.74) is 1.88. The van der Waals surface area contributed by atoms with Crippen LogP contribution in [0.4, 0.5) is 0 Å². The minimum atomic E-state index is -0.314. The highest BCUT2D eigenvalue weighted by Gasteiger charge is 2.19. The van der Waals surface area contributed by atoms with E-state index >= 15 is 0 Å². The first-order valence-electron chi connectivity index (χ1n) is 11.0. The van der Waals surface area contributed by atoms with Crippen LogP contribution in [-0.4, -0.2) is 11.9 Å². The van der Waals surface area contributed by atoms with Gasteiger partial charge in [0.15, 0.2) is 0 Å². The number of fused-ring (bicyclic) bond motifs is 1. The molecule has 0 aromatic heterocycles. The van der Waals surface area contributed by atoms with Gasteiger partial charge < -0.3 is 10.1 Å². The molecule has 0 heterocycles. The maximum absolute atomic E-state index is 12.9. The van der Waals surface area contributed by atoms with Gasteiger partial charge in [0.2, 0.25) is 0 Å². The Hall–Kier alpha value is -3.10. The maximum atomic E-state index is 12.9. The third-order valence-electron chi connectivity index (χ3n) is 5.83. The van der Waals surface area contributed by atoms with Gasteiger partial charge in [-0.1, -0.05) is 77.7 Å². The molecule has 1 amide bonds. The quantitative estimate of drug-likeness (QED) is 0.316. The topological polar surface area (TPSA) is 62.1 Å². The Morgan fingerprint density at radius 2 is 1.81 bits per heavy atom. The monoisotopic (exact) mass is 488 g/mol. The molecule has 0 bridgehead atoms. The van der Waals surface area contributed by atoms with Crippen molar-refractivity contribution in [2.45, 2.75) is 44.8 Å². The zero-order valence-corrected chi connectivity index (χ0v) is 19.4. The normalized spacial score (nSPS) is 14.7. The van der Waals surface area contributed by atoms with Crippen molar-refractivity contribution < 1.29 is 9.53 Å². The summed E-state index contributed by atoms with van der Waals surface area (Å²) in [6, 6.07) is 22.0. The molecule has 3 aromatic carbocycles. The summed E-state index contributed by atoms with van der Waals surface area (Å²) in [6.45, 7) is 0.391. The number of nitriles is 1. The number of carbonyl (C=O) groups excluding carboxylic acids is 1. The first-order valence-corrected chi connectivity index (χ1v) is 11.7. The summed E-state index contributed by atoms with van der Waals surface area (Å²) in [6.07, 6.45) is 7.06. The van der Waals surface area contributed by atoms with Crippen LogP contribution in [-0.2, 0) is 11.4 Å². The summed E-state index contributed by atoms with van der Waals surface area (Å²) in [5, 5.41) is 14.8. The Balaban J connectivity index is 1.65. The van der Waals surface area contributed by atoms with E-state index in [1.165, 1.54) is 6.42 Å². The molecule has 162 valence electrons. The van der Waals surface area contributed by atoms with Crippen LogP contribution in [0, 0.1) is 11.3 Å². The zero-order chi connectivity index (χ0) is 22.3. The van der Waals surface area contributed by atoms with E-state index in [9.17, 15) is 10.1 Å². The van der Waals surface area contributed by atoms with E-state index in [4.69, 9.17) is 4.74 Å². The summed E-state index contributed by atoms with van der Waals surface area (Å²) in [5.74, 6) is 0.330. The average molecular weight is 489 g/mol. The fourth-order valence-corrected chi connectivity index (χ4v) is 4.36. The lowest BCUT2D eigenvalue weighted by Gasteiger charge is -2.22. The SMILES string of the molecule is N#C/C(=C\c1c(OCc2ccc(Br)cc2)ccc2ccccc12)C(=O)NC1CCCCC1. The number of carbonyl (C=O) groups is 1. The molecule has 5 heteroatoms. The van der Waals surface area contributed by atoms with E-state index in [1.807, 2.05) is 60.7 Å². The lowest BCUT2D eigenvalue weighted by molar-refractivity contribution is -0.117. The largest absolute Gasteiger partial charge is 0.488 e. The predicted octanol–water partition coefficient (Wildman–Crippen LogP) is 6.54. The van der Waals surface area contributed by atoms with Crippen molar-refractivity contribution in [2.24, 2.45) is 0 Å². The molecule has 1 aliphatic rings.